The van der Waals surface area contributed by atoms with Gasteiger partial charge < -0.3 is 15.7 Å². The average Bonchev–Trinajstić information content (AvgIpc) is 2.89. The van der Waals surface area contributed by atoms with Gasteiger partial charge in [-0.15, -0.1) is 0 Å². The topological polar surface area (TPSA) is 78.4 Å². The lowest BCUT2D eigenvalue weighted by molar-refractivity contribution is -0.143. The van der Waals surface area contributed by atoms with Crippen molar-refractivity contribution in [2.75, 3.05) is 6.54 Å². The number of hydrogen-bond acceptors (Lipinski definition) is 3. The fourth-order valence-corrected chi connectivity index (χ4v) is 3.19. The summed E-state index contributed by atoms with van der Waals surface area (Å²) >= 11 is 0. The van der Waals surface area contributed by atoms with Crippen LogP contribution in [0.25, 0.3) is 0 Å². The molecular weight excluding hydrogens is 244 g/mol. The Morgan fingerprint density at radius 1 is 1.00 bits per heavy atom. The van der Waals surface area contributed by atoms with Crippen molar-refractivity contribution in [2.45, 2.75) is 63.5 Å². The molecule has 0 spiro atoms. The van der Waals surface area contributed by atoms with Gasteiger partial charge in [0.15, 0.2) is 0 Å². The molecule has 3 N–H and O–H groups in total. The van der Waals surface area contributed by atoms with Gasteiger partial charge in [-0.1, -0.05) is 19.3 Å². The molecule has 2 atom stereocenters. The molecule has 108 valence electrons. The zero-order chi connectivity index (χ0) is 13.7. The third-order valence-corrected chi connectivity index (χ3v) is 4.30. The smallest absolute Gasteiger partial charge is 0.306 e. The Bertz CT molecular complexity index is 327. The summed E-state index contributed by atoms with van der Waals surface area (Å²) in [6, 6.07) is 0.525. The molecule has 0 aromatic heterocycles. The molecule has 19 heavy (non-hydrogen) atoms. The monoisotopic (exact) mass is 268 g/mol. The molecule has 5 nitrogen and oxygen atoms in total. The lowest BCUT2D eigenvalue weighted by Gasteiger charge is -2.27. The highest BCUT2D eigenvalue weighted by Gasteiger charge is 2.27. The van der Waals surface area contributed by atoms with E-state index in [-0.39, 0.29) is 17.9 Å². The van der Waals surface area contributed by atoms with Crippen LogP contribution in [0.1, 0.15) is 51.4 Å². The summed E-state index contributed by atoms with van der Waals surface area (Å²) in [6.07, 6.45) is 7.92. The van der Waals surface area contributed by atoms with Gasteiger partial charge in [-0.05, 0) is 32.1 Å². The van der Waals surface area contributed by atoms with Gasteiger partial charge in [-0.2, -0.15) is 0 Å². The third-order valence-electron chi connectivity index (χ3n) is 4.30. The number of hydrogen-bond donors (Lipinski definition) is 3. The van der Waals surface area contributed by atoms with Gasteiger partial charge in [0.1, 0.15) is 0 Å². The second kappa shape index (κ2) is 6.89. The summed E-state index contributed by atoms with van der Waals surface area (Å²) in [7, 11) is 0. The van der Waals surface area contributed by atoms with Gasteiger partial charge in [0.25, 0.3) is 0 Å². The van der Waals surface area contributed by atoms with Crippen LogP contribution in [0.4, 0.5) is 0 Å². The van der Waals surface area contributed by atoms with E-state index in [9.17, 15) is 9.59 Å². The molecule has 2 aliphatic carbocycles. The molecule has 0 saturated heterocycles. The number of aliphatic carboxylic acids is 1. The predicted molar refractivity (Wildman–Crippen MR) is 71.8 cm³/mol. The van der Waals surface area contributed by atoms with Crippen molar-refractivity contribution in [1.29, 1.82) is 0 Å². The minimum absolute atomic E-state index is 0.0457. The van der Waals surface area contributed by atoms with E-state index in [1.807, 2.05) is 0 Å². The van der Waals surface area contributed by atoms with Crippen molar-refractivity contribution >= 4 is 11.9 Å². The Kier molecular flexibility index (Phi) is 5.19. The van der Waals surface area contributed by atoms with E-state index in [0.717, 1.165) is 32.1 Å². The minimum atomic E-state index is -0.707. The maximum absolute atomic E-state index is 11.8. The Balaban J connectivity index is 1.66. The molecule has 0 aromatic carbocycles. The summed E-state index contributed by atoms with van der Waals surface area (Å²) in [6.45, 7) is 0.313. The van der Waals surface area contributed by atoms with E-state index < -0.39 is 5.97 Å². The summed E-state index contributed by atoms with van der Waals surface area (Å²) < 4.78 is 0. The average molecular weight is 268 g/mol. The molecule has 2 rings (SSSR count). The van der Waals surface area contributed by atoms with Crippen molar-refractivity contribution in [1.82, 2.24) is 10.6 Å². The highest BCUT2D eigenvalue weighted by Crippen LogP contribution is 2.24. The van der Waals surface area contributed by atoms with E-state index in [0.29, 0.717) is 19.0 Å². The van der Waals surface area contributed by atoms with Crippen molar-refractivity contribution in [2.24, 2.45) is 5.92 Å². The third kappa shape index (κ3) is 4.49. The first-order chi connectivity index (χ1) is 9.15. The zero-order valence-corrected chi connectivity index (χ0v) is 11.4. The standard InChI is InChI=1S/C14H24N2O3/c17-13(16-11-5-1-2-6-11)9-15-12-7-3-4-10(8-12)14(18)19/h10-12,15H,1-9H2,(H,16,17)(H,18,19). The molecule has 2 unspecified atom stereocenters. The summed E-state index contributed by atoms with van der Waals surface area (Å²) in [5, 5.41) is 15.3. The van der Waals surface area contributed by atoms with Crippen LogP contribution < -0.4 is 10.6 Å². The highest BCUT2D eigenvalue weighted by molar-refractivity contribution is 5.78. The predicted octanol–water partition coefficient (Wildman–Crippen LogP) is 1.28. The van der Waals surface area contributed by atoms with Crippen LogP contribution >= 0.6 is 0 Å². The van der Waals surface area contributed by atoms with E-state index in [4.69, 9.17) is 5.11 Å². The fraction of sp³-hybridized carbons (Fsp3) is 0.857. The number of amides is 1. The van der Waals surface area contributed by atoms with Gasteiger partial charge in [0.05, 0.1) is 12.5 Å². The fourth-order valence-electron chi connectivity index (χ4n) is 3.19. The Hall–Kier alpha value is -1.10. The van der Waals surface area contributed by atoms with Gasteiger partial charge in [-0.25, -0.2) is 0 Å². The molecule has 2 saturated carbocycles. The van der Waals surface area contributed by atoms with Gasteiger partial charge in [0, 0.05) is 12.1 Å². The lowest BCUT2D eigenvalue weighted by Crippen LogP contribution is -2.44. The molecule has 0 aliphatic heterocycles. The number of carbonyl (C=O) groups is 2. The van der Waals surface area contributed by atoms with Crippen LogP contribution in [-0.4, -0.2) is 35.6 Å². The van der Waals surface area contributed by atoms with Crippen molar-refractivity contribution < 1.29 is 14.7 Å². The van der Waals surface area contributed by atoms with Crippen LogP contribution in [0.15, 0.2) is 0 Å². The van der Waals surface area contributed by atoms with Crippen molar-refractivity contribution in [3.05, 3.63) is 0 Å². The first kappa shape index (κ1) is 14.3. The van der Waals surface area contributed by atoms with Gasteiger partial charge in [-0.3, -0.25) is 9.59 Å². The summed E-state index contributed by atoms with van der Waals surface area (Å²) in [5.41, 5.74) is 0. The summed E-state index contributed by atoms with van der Waals surface area (Å²) in [4.78, 5) is 22.7. The first-order valence-corrected chi connectivity index (χ1v) is 7.40. The number of nitrogens with one attached hydrogen (secondary N) is 2. The van der Waals surface area contributed by atoms with Crippen LogP contribution in [0.2, 0.25) is 0 Å². The van der Waals surface area contributed by atoms with Gasteiger partial charge in [0.2, 0.25) is 5.91 Å². The normalized spacial score (nSPS) is 28.2. The second-order valence-corrected chi connectivity index (χ2v) is 5.83. The minimum Gasteiger partial charge on any atom is -0.481 e. The summed E-state index contributed by atoms with van der Waals surface area (Å²) in [5.74, 6) is -0.907. The van der Waals surface area contributed by atoms with Gasteiger partial charge >= 0.3 is 5.97 Å². The highest BCUT2D eigenvalue weighted by atomic mass is 16.4. The quantitative estimate of drug-likeness (QED) is 0.702. The molecular formula is C14H24N2O3. The molecule has 1 amide bonds. The number of carboxylic acids is 1. The number of carbonyl (C=O) groups excluding carboxylic acids is 1. The van der Waals surface area contributed by atoms with E-state index in [2.05, 4.69) is 10.6 Å². The molecule has 0 heterocycles. The lowest BCUT2D eigenvalue weighted by atomic mass is 9.86. The van der Waals surface area contributed by atoms with Crippen LogP contribution in [-0.2, 0) is 9.59 Å². The Morgan fingerprint density at radius 3 is 2.37 bits per heavy atom. The van der Waals surface area contributed by atoms with Crippen LogP contribution in [0.5, 0.6) is 0 Å². The van der Waals surface area contributed by atoms with Crippen molar-refractivity contribution in [3.8, 4) is 0 Å². The maximum atomic E-state index is 11.8. The SMILES string of the molecule is O=C(CNC1CCCC(C(=O)O)C1)NC1CCCC1. The van der Waals surface area contributed by atoms with E-state index >= 15 is 0 Å². The molecule has 0 bridgehead atoms. The van der Waals surface area contributed by atoms with Crippen LogP contribution in [0, 0.1) is 5.92 Å². The molecule has 2 aliphatic rings. The number of carboxylic acid groups (broad SMARTS) is 1. The molecule has 2 fully saturated rings. The largest absolute Gasteiger partial charge is 0.481 e. The number of rotatable bonds is 5. The molecule has 0 radical (unpaired) electrons. The van der Waals surface area contributed by atoms with E-state index in [1.54, 1.807) is 0 Å². The zero-order valence-electron chi connectivity index (χ0n) is 11.4. The van der Waals surface area contributed by atoms with E-state index in [1.165, 1.54) is 12.8 Å². The van der Waals surface area contributed by atoms with Crippen LogP contribution in [0.3, 0.4) is 0 Å². The Morgan fingerprint density at radius 2 is 1.68 bits per heavy atom. The first-order valence-electron chi connectivity index (χ1n) is 7.40. The second-order valence-electron chi connectivity index (χ2n) is 5.83. The molecule has 5 heteroatoms. The van der Waals surface area contributed by atoms with Crippen molar-refractivity contribution in [3.63, 3.8) is 0 Å². The molecule has 0 aromatic rings. The maximum Gasteiger partial charge on any atom is 0.306 e. The Labute approximate surface area is 114 Å².